The molecule has 1 fully saturated rings. The van der Waals surface area contributed by atoms with Crippen LogP contribution in [0.25, 0.3) is 0 Å². The quantitative estimate of drug-likeness (QED) is 0.784. The van der Waals surface area contributed by atoms with Gasteiger partial charge >= 0.3 is 0 Å². The molecule has 2 nitrogen and oxygen atoms in total. The molecule has 1 saturated carbocycles. The van der Waals surface area contributed by atoms with Crippen LogP contribution in [-0.2, 0) is 0 Å². The Balaban J connectivity index is 2.34. The molecule has 0 bridgehead atoms. The Labute approximate surface area is 136 Å². The van der Waals surface area contributed by atoms with Crippen LogP contribution in [0.15, 0.2) is 15.9 Å². The number of hydrogen-bond donors (Lipinski definition) is 1. The third-order valence-electron chi connectivity index (χ3n) is 4.65. The van der Waals surface area contributed by atoms with Crippen molar-refractivity contribution in [2.75, 3.05) is 20.6 Å². The Kier molecular flexibility index (Phi) is 6.09. The number of likely N-dealkylation sites (N-methyl/N-ethyl adjacent to an activating group) is 1. The van der Waals surface area contributed by atoms with E-state index in [1.165, 1.54) is 47.9 Å². The first-order chi connectivity index (χ1) is 9.62. The standard InChI is InChI=1S/C16H27BrN2S/c1-4-11-18-15(14-13(17)8-12-20-14)16(19(2)3)9-6-5-7-10-16/h8,12,15,18H,4-7,9-11H2,1-3H3. The van der Waals surface area contributed by atoms with Crippen LogP contribution in [0.2, 0.25) is 0 Å². The van der Waals surface area contributed by atoms with Crippen molar-refractivity contribution in [3.63, 3.8) is 0 Å². The maximum absolute atomic E-state index is 3.84. The highest BCUT2D eigenvalue weighted by molar-refractivity contribution is 9.10. The van der Waals surface area contributed by atoms with E-state index in [0.717, 1.165) is 6.54 Å². The molecular formula is C16H27BrN2S. The van der Waals surface area contributed by atoms with Gasteiger partial charge in [0, 0.05) is 14.9 Å². The normalized spacial score (nSPS) is 20.2. The Morgan fingerprint density at radius 1 is 1.35 bits per heavy atom. The lowest BCUT2D eigenvalue weighted by Gasteiger charge is -2.48. The summed E-state index contributed by atoms with van der Waals surface area (Å²) in [5.74, 6) is 0. The van der Waals surface area contributed by atoms with Gasteiger partial charge in [-0.15, -0.1) is 11.3 Å². The topological polar surface area (TPSA) is 15.3 Å². The summed E-state index contributed by atoms with van der Waals surface area (Å²) < 4.78 is 1.27. The van der Waals surface area contributed by atoms with Crippen molar-refractivity contribution in [2.45, 2.75) is 57.0 Å². The molecule has 4 heteroatoms. The van der Waals surface area contributed by atoms with Gasteiger partial charge in [-0.25, -0.2) is 0 Å². The zero-order chi connectivity index (χ0) is 14.6. The van der Waals surface area contributed by atoms with E-state index >= 15 is 0 Å². The minimum Gasteiger partial charge on any atom is -0.308 e. The minimum absolute atomic E-state index is 0.265. The van der Waals surface area contributed by atoms with Crippen LogP contribution in [-0.4, -0.2) is 31.1 Å². The second kappa shape index (κ2) is 7.39. The van der Waals surface area contributed by atoms with Gasteiger partial charge in [0.25, 0.3) is 0 Å². The van der Waals surface area contributed by atoms with Gasteiger partial charge in [0.1, 0.15) is 0 Å². The Morgan fingerprint density at radius 2 is 2.05 bits per heavy atom. The second-order valence-electron chi connectivity index (χ2n) is 6.08. The lowest BCUT2D eigenvalue weighted by molar-refractivity contribution is 0.0575. The third kappa shape index (κ3) is 3.29. The van der Waals surface area contributed by atoms with Crippen LogP contribution < -0.4 is 5.32 Å². The van der Waals surface area contributed by atoms with Crippen molar-refractivity contribution in [1.29, 1.82) is 0 Å². The van der Waals surface area contributed by atoms with E-state index < -0.39 is 0 Å². The molecule has 1 N–H and O–H groups in total. The van der Waals surface area contributed by atoms with Gasteiger partial charge in [-0.1, -0.05) is 26.2 Å². The van der Waals surface area contributed by atoms with Crippen LogP contribution in [0.4, 0.5) is 0 Å². The summed E-state index contributed by atoms with van der Waals surface area (Å²) >= 11 is 5.63. The molecule has 0 radical (unpaired) electrons. The monoisotopic (exact) mass is 358 g/mol. The highest BCUT2D eigenvalue weighted by atomic mass is 79.9. The Morgan fingerprint density at radius 3 is 2.55 bits per heavy atom. The SMILES string of the molecule is CCCNC(c1sccc1Br)C1(N(C)C)CCCCC1. The number of halogens is 1. The van der Waals surface area contributed by atoms with Crippen LogP contribution in [0.5, 0.6) is 0 Å². The highest BCUT2D eigenvalue weighted by Crippen LogP contribution is 2.45. The van der Waals surface area contributed by atoms with Crippen molar-refractivity contribution in [2.24, 2.45) is 0 Å². The second-order valence-corrected chi connectivity index (χ2v) is 7.88. The molecule has 0 spiro atoms. The zero-order valence-corrected chi connectivity index (χ0v) is 15.3. The molecule has 1 atom stereocenters. The minimum atomic E-state index is 0.265. The summed E-state index contributed by atoms with van der Waals surface area (Å²) in [6.07, 6.45) is 7.87. The van der Waals surface area contributed by atoms with Crippen LogP contribution in [0.3, 0.4) is 0 Å². The molecule has 2 rings (SSSR count). The van der Waals surface area contributed by atoms with Crippen molar-refractivity contribution in [3.05, 3.63) is 20.8 Å². The van der Waals surface area contributed by atoms with E-state index in [9.17, 15) is 0 Å². The molecule has 1 unspecified atom stereocenters. The number of nitrogens with one attached hydrogen (secondary N) is 1. The van der Waals surface area contributed by atoms with E-state index in [2.05, 4.69) is 58.6 Å². The van der Waals surface area contributed by atoms with Gasteiger partial charge in [0.05, 0.1) is 6.04 Å². The number of nitrogens with zero attached hydrogens (tertiary/aromatic N) is 1. The summed E-state index contributed by atoms with van der Waals surface area (Å²) in [7, 11) is 4.51. The molecule has 1 aliphatic rings. The molecule has 114 valence electrons. The van der Waals surface area contributed by atoms with Crippen LogP contribution >= 0.6 is 27.3 Å². The number of rotatable bonds is 6. The number of thiophene rings is 1. The first-order valence-electron chi connectivity index (χ1n) is 7.75. The molecule has 0 aliphatic heterocycles. The molecule has 1 aromatic heterocycles. The predicted molar refractivity (Wildman–Crippen MR) is 92.6 cm³/mol. The Bertz CT molecular complexity index is 410. The van der Waals surface area contributed by atoms with Crippen molar-refractivity contribution >= 4 is 27.3 Å². The maximum atomic E-state index is 3.84. The van der Waals surface area contributed by atoms with E-state index in [0.29, 0.717) is 6.04 Å². The molecule has 0 saturated heterocycles. The summed E-state index contributed by atoms with van der Waals surface area (Å²) in [6.45, 7) is 3.33. The average Bonchev–Trinajstić information content (AvgIpc) is 2.86. The summed E-state index contributed by atoms with van der Waals surface area (Å²) in [5, 5.41) is 6.04. The summed E-state index contributed by atoms with van der Waals surface area (Å²) in [5.41, 5.74) is 0.265. The van der Waals surface area contributed by atoms with E-state index in [1.54, 1.807) is 0 Å². The fraction of sp³-hybridized carbons (Fsp3) is 0.750. The average molecular weight is 359 g/mol. The van der Waals surface area contributed by atoms with Gasteiger partial charge in [-0.05, 0) is 67.3 Å². The summed E-state index contributed by atoms with van der Waals surface area (Å²) in [6, 6.07) is 2.62. The van der Waals surface area contributed by atoms with Gasteiger partial charge in [0.15, 0.2) is 0 Å². The molecule has 20 heavy (non-hydrogen) atoms. The molecule has 1 heterocycles. The molecule has 0 amide bonds. The number of hydrogen-bond acceptors (Lipinski definition) is 3. The zero-order valence-electron chi connectivity index (χ0n) is 12.9. The van der Waals surface area contributed by atoms with Gasteiger partial charge in [-0.2, -0.15) is 0 Å². The molecule has 1 aliphatic carbocycles. The van der Waals surface area contributed by atoms with E-state index in [1.807, 2.05) is 11.3 Å². The maximum Gasteiger partial charge on any atom is 0.0613 e. The fourth-order valence-electron chi connectivity index (χ4n) is 3.48. The van der Waals surface area contributed by atoms with Crippen molar-refractivity contribution in [1.82, 2.24) is 10.2 Å². The van der Waals surface area contributed by atoms with E-state index in [-0.39, 0.29) is 5.54 Å². The van der Waals surface area contributed by atoms with Crippen molar-refractivity contribution < 1.29 is 0 Å². The van der Waals surface area contributed by atoms with Crippen LogP contribution in [0, 0.1) is 0 Å². The van der Waals surface area contributed by atoms with Gasteiger partial charge < -0.3 is 10.2 Å². The highest BCUT2D eigenvalue weighted by Gasteiger charge is 2.43. The van der Waals surface area contributed by atoms with E-state index in [4.69, 9.17) is 0 Å². The van der Waals surface area contributed by atoms with Crippen molar-refractivity contribution in [3.8, 4) is 0 Å². The largest absolute Gasteiger partial charge is 0.308 e. The first-order valence-corrected chi connectivity index (χ1v) is 9.43. The smallest absolute Gasteiger partial charge is 0.0613 e. The molecule has 1 aromatic rings. The van der Waals surface area contributed by atoms with Gasteiger partial charge in [-0.3, -0.25) is 0 Å². The Hall–Kier alpha value is 0.1000. The van der Waals surface area contributed by atoms with Crippen LogP contribution in [0.1, 0.15) is 56.4 Å². The molecule has 0 aromatic carbocycles. The first kappa shape index (κ1) is 16.5. The molecular weight excluding hydrogens is 332 g/mol. The predicted octanol–water partition coefficient (Wildman–Crippen LogP) is 4.82. The van der Waals surface area contributed by atoms with Gasteiger partial charge in [0.2, 0.25) is 0 Å². The lowest BCUT2D eigenvalue weighted by Crippen LogP contribution is -2.54. The summed E-state index contributed by atoms with van der Waals surface area (Å²) in [4.78, 5) is 3.94. The lowest BCUT2D eigenvalue weighted by atomic mass is 9.74. The fourth-order valence-corrected chi connectivity index (χ4v) is 5.27. The third-order valence-corrected chi connectivity index (χ3v) is 6.59.